The van der Waals surface area contributed by atoms with E-state index in [4.69, 9.17) is 4.74 Å². The Kier molecular flexibility index (Phi) is 4.41. The van der Waals surface area contributed by atoms with Crippen LogP contribution in [0.2, 0.25) is 0 Å². The van der Waals surface area contributed by atoms with Crippen molar-refractivity contribution >= 4 is 6.29 Å². The first-order valence-electron chi connectivity index (χ1n) is 7.05. The molecule has 2 atom stereocenters. The van der Waals surface area contributed by atoms with E-state index in [0.717, 1.165) is 45.7 Å². The van der Waals surface area contributed by atoms with Crippen LogP contribution in [0.4, 0.5) is 0 Å². The smallest absolute Gasteiger partial charge is 0.127 e. The molecule has 4 nitrogen and oxygen atoms in total. The highest BCUT2D eigenvalue weighted by Gasteiger charge is 2.36. The van der Waals surface area contributed by atoms with Crippen LogP contribution in [-0.4, -0.2) is 68.1 Å². The minimum atomic E-state index is -0.159. The molecule has 0 aliphatic carbocycles. The molecule has 0 aromatic heterocycles. The summed E-state index contributed by atoms with van der Waals surface area (Å²) < 4.78 is 5.39. The van der Waals surface area contributed by atoms with Gasteiger partial charge in [0.05, 0.1) is 0 Å². The van der Waals surface area contributed by atoms with E-state index >= 15 is 0 Å². The number of hydrogen-bond acceptors (Lipinski definition) is 4. The lowest BCUT2D eigenvalue weighted by atomic mass is 9.81. The van der Waals surface area contributed by atoms with E-state index in [2.05, 4.69) is 30.7 Å². The van der Waals surface area contributed by atoms with Crippen molar-refractivity contribution in [2.45, 2.75) is 38.8 Å². The van der Waals surface area contributed by atoms with Crippen molar-refractivity contribution in [2.75, 3.05) is 39.9 Å². The highest BCUT2D eigenvalue weighted by atomic mass is 16.5. The Labute approximate surface area is 110 Å². The van der Waals surface area contributed by atoms with Gasteiger partial charge in [-0.3, -0.25) is 9.80 Å². The molecule has 2 rings (SSSR count). The van der Waals surface area contributed by atoms with Crippen LogP contribution in [0.3, 0.4) is 0 Å². The molecule has 0 amide bonds. The number of likely N-dealkylation sites (N-methyl/N-ethyl adjacent to an activating group) is 1. The normalized spacial score (nSPS) is 34.4. The van der Waals surface area contributed by atoms with E-state index in [1.165, 1.54) is 6.29 Å². The van der Waals surface area contributed by atoms with Crippen molar-refractivity contribution in [3.05, 3.63) is 0 Å². The standard InChI is InChI=1S/C14H26N2O2/c1-12-8-16(9-13(2)15(12)3)10-14(11-17)4-6-18-7-5-14/h11-13H,4-10H2,1-3H3. The second kappa shape index (κ2) is 5.68. The van der Waals surface area contributed by atoms with Crippen molar-refractivity contribution in [1.29, 1.82) is 0 Å². The predicted octanol–water partition coefficient (Wildman–Crippen LogP) is 1.01. The Balaban J connectivity index is 1.97. The molecular weight excluding hydrogens is 228 g/mol. The molecule has 0 saturated carbocycles. The molecule has 18 heavy (non-hydrogen) atoms. The molecule has 2 aliphatic heterocycles. The van der Waals surface area contributed by atoms with E-state index in [0.29, 0.717) is 12.1 Å². The van der Waals surface area contributed by atoms with Gasteiger partial charge in [-0.15, -0.1) is 0 Å². The van der Waals surface area contributed by atoms with Gasteiger partial charge in [0.1, 0.15) is 6.29 Å². The van der Waals surface area contributed by atoms with Crippen LogP contribution < -0.4 is 0 Å². The maximum Gasteiger partial charge on any atom is 0.127 e. The third kappa shape index (κ3) is 2.92. The minimum absolute atomic E-state index is 0.159. The average Bonchev–Trinajstić information content (AvgIpc) is 2.37. The molecule has 0 bridgehead atoms. The van der Waals surface area contributed by atoms with Gasteiger partial charge in [-0.1, -0.05) is 0 Å². The Bertz CT molecular complexity index is 278. The van der Waals surface area contributed by atoms with E-state index < -0.39 is 0 Å². The number of piperazine rings is 1. The van der Waals surface area contributed by atoms with Crippen LogP contribution in [0.5, 0.6) is 0 Å². The fourth-order valence-corrected chi connectivity index (χ4v) is 3.18. The number of ether oxygens (including phenoxy) is 1. The molecule has 0 aromatic rings. The van der Waals surface area contributed by atoms with Gasteiger partial charge in [0.25, 0.3) is 0 Å². The van der Waals surface area contributed by atoms with Gasteiger partial charge in [-0.2, -0.15) is 0 Å². The highest BCUT2D eigenvalue weighted by Crippen LogP contribution is 2.30. The van der Waals surface area contributed by atoms with Crippen LogP contribution in [0.15, 0.2) is 0 Å². The first-order valence-corrected chi connectivity index (χ1v) is 7.05. The summed E-state index contributed by atoms with van der Waals surface area (Å²) in [4.78, 5) is 16.4. The maximum absolute atomic E-state index is 11.5. The predicted molar refractivity (Wildman–Crippen MR) is 71.7 cm³/mol. The lowest BCUT2D eigenvalue weighted by Gasteiger charge is -2.45. The molecule has 0 spiro atoms. The highest BCUT2D eigenvalue weighted by molar-refractivity contribution is 5.60. The van der Waals surface area contributed by atoms with Crippen molar-refractivity contribution in [1.82, 2.24) is 9.80 Å². The molecule has 2 saturated heterocycles. The Hall–Kier alpha value is -0.450. The number of carbonyl (C=O) groups excluding carboxylic acids is 1. The lowest BCUT2D eigenvalue weighted by molar-refractivity contribution is -0.124. The van der Waals surface area contributed by atoms with E-state index in [9.17, 15) is 4.79 Å². The Morgan fingerprint density at radius 2 is 1.78 bits per heavy atom. The molecule has 0 aromatic carbocycles. The molecule has 104 valence electrons. The summed E-state index contributed by atoms with van der Waals surface area (Å²) in [6.45, 7) is 9.03. The fraction of sp³-hybridized carbons (Fsp3) is 0.929. The van der Waals surface area contributed by atoms with Gasteiger partial charge in [-0.05, 0) is 33.7 Å². The molecule has 0 radical (unpaired) electrons. The number of hydrogen-bond donors (Lipinski definition) is 0. The number of rotatable bonds is 3. The van der Waals surface area contributed by atoms with Crippen molar-refractivity contribution in [2.24, 2.45) is 5.41 Å². The van der Waals surface area contributed by atoms with Crippen LogP contribution in [0.1, 0.15) is 26.7 Å². The third-order valence-corrected chi connectivity index (χ3v) is 4.71. The molecule has 0 N–H and O–H groups in total. The Morgan fingerprint density at radius 1 is 1.22 bits per heavy atom. The number of carbonyl (C=O) groups is 1. The summed E-state index contributed by atoms with van der Waals surface area (Å²) in [5.74, 6) is 0. The van der Waals surface area contributed by atoms with Gasteiger partial charge in [0, 0.05) is 50.3 Å². The Morgan fingerprint density at radius 3 is 2.28 bits per heavy atom. The van der Waals surface area contributed by atoms with Crippen LogP contribution in [-0.2, 0) is 9.53 Å². The van der Waals surface area contributed by atoms with Gasteiger partial charge >= 0.3 is 0 Å². The summed E-state index contributed by atoms with van der Waals surface area (Å²) >= 11 is 0. The zero-order chi connectivity index (χ0) is 13.2. The first kappa shape index (κ1) is 14.0. The quantitative estimate of drug-likeness (QED) is 0.704. The van der Waals surface area contributed by atoms with Crippen LogP contribution in [0, 0.1) is 5.41 Å². The van der Waals surface area contributed by atoms with Crippen LogP contribution in [0.25, 0.3) is 0 Å². The van der Waals surface area contributed by atoms with E-state index in [1.54, 1.807) is 0 Å². The number of aldehydes is 1. The second-order valence-electron chi connectivity index (χ2n) is 6.15. The second-order valence-corrected chi connectivity index (χ2v) is 6.15. The van der Waals surface area contributed by atoms with E-state index in [1.807, 2.05) is 0 Å². The largest absolute Gasteiger partial charge is 0.381 e. The van der Waals surface area contributed by atoms with Crippen molar-refractivity contribution in [3.8, 4) is 0 Å². The molecule has 2 unspecified atom stereocenters. The fourth-order valence-electron chi connectivity index (χ4n) is 3.18. The number of nitrogens with zero attached hydrogens (tertiary/aromatic N) is 2. The molecular formula is C14H26N2O2. The van der Waals surface area contributed by atoms with Gasteiger partial charge in [0.15, 0.2) is 0 Å². The van der Waals surface area contributed by atoms with Crippen molar-refractivity contribution < 1.29 is 9.53 Å². The lowest BCUT2D eigenvalue weighted by Crippen LogP contribution is -2.57. The molecule has 4 heteroatoms. The maximum atomic E-state index is 11.5. The average molecular weight is 254 g/mol. The summed E-state index contributed by atoms with van der Waals surface area (Å²) in [5, 5.41) is 0. The van der Waals surface area contributed by atoms with Gasteiger partial charge in [0.2, 0.25) is 0 Å². The SMILES string of the molecule is CC1CN(CC2(C=O)CCOCC2)CC(C)N1C. The van der Waals surface area contributed by atoms with Crippen LogP contribution >= 0.6 is 0 Å². The monoisotopic (exact) mass is 254 g/mol. The third-order valence-electron chi connectivity index (χ3n) is 4.71. The zero-order valence-corrected chi connectivity index (χ0v) is 11.9. The molecule has 2 heterocycles. The summed E-state index contributed by atoms with van der Waals surface area (Å²) in [7, 11) is 2.19. The molecule has 2 aliphatic rings. The first-order chi connectivity index (χ1) is 8.56. The topological polar surface area (TPSA) is 32.8 Å². The van der Waals surface area contributed by atoms with Gasteiger partial charge < -0.3 is 9.53 Å². The summed E-state index contributed by atoms with van der Waals surface area (Å²) in [6, 6.07) is 1.13. The van der Waals surface area contributed by atoms with Gasteiger partial charge in [-0.25, -0.2) is 0 Å². The summed E-state index contributed by atoms with van der Waals surface area (Å²) in [6.07, 6.45) is 2.94. The van der Waals surface area contributed by atoms with Crippen molar-refractivity contribution in [3.63, 3.8) is 0 Å². The van der Waals surface area contributed by atoms with E-state index in [-0.39, 0.29) is 5.41 Å². The molecule has 2 fully saturated rings. The minimum Gasteiger partial charge on any atom is -0.381 e. The zero-order valence-electron chi connectivity index (χ0n) is 11.9. The summed E-state index contributed by atoms with van der Waals surface area (Å²) in [5.41, 5.74) is -0.159.